The Balaban J connectivity index is 1.46. The molecule has 4 rings (SSSR count). The lowest BCUT2D eigenvalue weighted by atomic mass is 9.97. The molecule has 1 aliphatic rings. The fraction of sp³-hybridized carbons (Fsp3) is 0.280. The third kappa shape index (κ3) is 4.63. The van der Waals surface area contributed by atoms with Gasteiger partial charge in [0.25, 0.3) is 11.5 Å². The zero-order valence-corrected chi connectivity index (χ0v) is 17.6. The summed E-state index contributed by atoms with van der Waals surface area (Å²) in [6.07, 6.45) is 3.97. The van der Waals surface area contributed by atoms with E-state index in [1.54, 1.807) is 42.5 Å². The number of benzene rings is 2. The van der Waals surface area contributed by atoms with Gasteiger partial charge in [0.1, 0.15) is 0 Å². The van der Waals surface area contributed by atoms with E-state index in [-0.39, 0.29) is 30.3 Å². The number of carbonyl (C=O) groups is 2. The highest BCUT2D eigenvalue weighted by molar-refractivity contribution is 6.15. The Hall–Kier alpha value is -3.54. The lowest BCUT2D eigenvalue weighted by molar-refractivity contribution is 0.0940. The van der Waals surface area contributed by atoms with E-state index in [0.29, 0.717) is 16.7 Å². The maximum absolute atomic E-state index is 12.9. The minimum atomic E-state index is -0.345. The summed E-state index contributed by atoms with van der Waals surface area (Å²) in [5.74, 6) is -0.541. The second-order valence-corrected chi connectivity index (χ2v) is 7.88. The van der Waals surface area contributed by atoms with Crippen molar-refractivity contribution in [3.63, 3.8) is 0 Å². The van der Waals surface area contributed by atoms with Gasteiger partial charge in [-0.1, -0.05) is 48.0 Å². The Morgan fingerprint density at radius 1 is 1.00 bits per heavy atom. The van der Waals surface area contributed by atoms with E-state index in [1.165, 1.54) is 4.68 Å². The van der Waals surface area contributed by atoms with Crippen LogP contribution in [-0.4, -0.2) is 28.0 Å². The van der Waals surface area contributed by atoms with Crippen molar-refractivity contribution in [3.05, 3.63) is 98.5 Å². The van der Waals surface area contributed by atoms with Gasteiger partial charge in [0, 0.05) is 23.7 Å². The third-order valence-corrected chi connectivity index (χ3v) is 5.61. The van der Waals surface area contributed by atoms with Crippen molar-refractivity contribution in [2.24, 2.45) is 0 Å². The monoisotopic (exact) mass is 415 g/mol. The van der Waals surface area contributed by atoms with Crippen molar-refractivity contribution < 1.29 is 9.59 Å². The first-order chi connectivity index (χ1) is 15.0. The second kappa shape index (κ2) is 9.08. The largest absolute Gasteiger partial charge is 0.350 e. The normalized spacial score (nSPS) is 12.8. The number of fused-ring (bicyclic) bond motifs is 1. The number of rotatable bonds is 6. The lowest BCUT2D eigenvalue weighted by Crippen LogP contribution is -2.33. The van der Waals surface area contributed by atoms with E-state index >= 15 is 0 Å². The molecular weight excluding hydrogens is 390 g/mol. The molecule has 158 valence electrons. The standard InChI is InChI=1S/C25H25N3O3/c1-17-10-12-18(13-11-17)24(30)20-7-3-4-8-21(20)25(31)26-14-15-28-23(29)16-19-6-2-5-9-22(19)27-28/h3-4,7-8,10-13,16H,2,5-6,9,14-15H2,1H3,(H,26,31). The molecule has 1 aromatic heterocycles. The summed E-state index contributed by atoms with van der Waals surface area (Å²) in [5.41, 5.74) is 4.15. The molecule has 0 unspecified atom stereocenters. The molecule has 0 aliphatic heterocycles. The topological polar surface area (TPSA) is 81.1 Å². The van der Waals surface area contributed by atoms with Crippen LogP contribution in [0.3, 0.4) is 0 Å². The molecule has 1 amide bonds. The summed E-state index contributed by atoms with van der Waals surface area (Å²) >= 11 is 0. The first-order valence-corrected chi connectivity index (χ1v) is 10.6. The van der Waals surface area contributed by atoms with Gasteiger partial charge in [-0.05, 0) is 44.2 Å². The first-order valence-electron chi connectivity index (χ1n) is 10.6. The van der Waals surface area contributed by atoms with Crippen LogP contribution < -0.4 is 10.9 Å². The van der Waals surface area contributed by atoms with Crippen LogP contribution in [0, 0.1) is 6.92 Å². The molecule has 0 fully saturated rings. The number of aromatic nitrogens is 2. The van der Waals surface area contributed by atoms with Crippen LogP contribution in [0.1, 0.15) is 55.9 Å². The summed E-state index contributed by atoms with van der Waals surface area (Å²) in [7, 11) is 0. The average Bonchev–Trinajstić information content (AvgIpc) is 2.79. The number of carbonyl (C=O) groups excluding carboxylic acids is 2. The molecule has 0 saturated carbocycles. The van der Waals surface area contributed by atoms with Crippen molar-refractivity contribution in [3.8, 4) is 0 Å². The van der Waals surface area contributed by atoms with Gasteiger partial charge in [-0.2, -0.15) is 5.10 Å². The summed E-state index contributed by atoms with van der Waals surface area (Å²) in [6, 6.07) is 15.7. The molecule has 3 aromatic rings. The molecule has 0 atom stereocenters. The van der Waals surface area contributed by atoms with Crippen molar-refractivity contribution in [2.45, 2.75) is 39.2 Å². The number of amides is 1. The van der Waals surface area contributed by atoms with E-state index in [0.717, 1.165) is 42.5 Å². The molecule has 1 aliphatic carbocycles. The summed E-state index contributed by atoms with van der Waals surface area (Å²) in [4.78, 5) is 38.0. The molecule has 6 nitrogen and oxygen atoms in total. The van der Waals surface area contributed by atoms with Gasteiger partial charge < -0.3 is 5.32 Å². The number of nitrogens with zero attached hydrogens (tertiary/aromatic N) is 2. The quantitative estimate of drug-likeness (QED) is 0.628. The van der Waals surface area contributed by atoms with E-state index in [1.807, 2.05) is 19.1 Å². The molecule has 6 heteroatoms. The molecular formula is C25H25N3O3. The van der Waals surface area contributed by atoms with E-state index < -0.39 is 0 Å². The number of ketones is 1. The van der Waals surface area contributed by atoms with Crippen LogP contribution >= 0.6 is 0 Å². The van der Waals surface area contributed by atoms with Crippen molar-refractivity contribution >= 4 is 11.7 Å². The SMILES string of the molecule is Cc1ccc(C(=O)c2ccccc2C(=O)NCCn2nc3c(cc2=O)CCCC3)cc1. The van der Waals surface area contributed by atoms with Crippen LogP contribution in [0.2, 0.25) is 0 Å². The zero-order valence-electron chi connectivity index (χ0n) is 17.6. The van der Waals surface area contributed by atoms with Crippen LogP contribution in [0.25, 0.3) is 0 Å². The van der Waals surface area contributed by atoms with Gasteiger partial charge in [-0.25, -0.2) is 4.68 Å². The smallest absolute Gasteiger partial charge is 0.267 e. The van der Waals surface area contributed by atoms with Crippen molar-refractivity contribution in [1.82, 2.24) is 15.1 Å². The van der Waals surface area contributed by atoms with Gasteiger partial charge in [0.15, 0.2) is 5.78 Å². The molecule has 1 heterocycles. The predicted octanol–water partition coefficient (Wildman–Crippen LogP) is 3.09. The minimum absolute atomic E-state index is 0.148. The molecule has 2 aromatic carbocycles. The third-order valence-electron chi connectivity index (χ3n) is 5.61. The van der Waals surface area contributed by atoms with Gasteiger partial charge in [-0.3, -0.25) is 14.4 Å². The van der Waals surface area contributed by atoms with E-state index in [4.69, 9.17) is 0 Å². The predicted molar refractivity (Wildman–Crippen MR) is 119 cm³/mol. The van der Waals surface area contributed by atoms with Crippen molar-refractivity contribution in [2.75, 3.05) is 6.54 Å². The Bertz CT molecular complexity index is 1180. The molecule has 0 bridgehead atoms. The van der Waals surface area contributed by atoms with E-state index in [9.17, 15) is 14.4 Å². The van der Waals surface area contributed by atoms with Crippen LogP contribution in [0.15, 0.2) is 59.4 Å². The van der Waals surface area contributed by atoms with Gasteiger partial charge >= 0.3 is 0 Å². The first kappa shape index (κ1) is 20.7. The zero-order chi connectivity index (χ0) is 21.8. The summed E-state index contributed by atoms with van der Waals surface area (Å²) in [6.45, 7) is 2.49. The van der Waals surface area contributed by atoms with Gasteiger partial charge in [0.05, 0.1) is 17.8 Å². The fourth-order valence-electron chi connectivity index (χ4n) is 3.87. The number of aryl methyl sites for hydroxylation is 3. The second-order valence-electron chi connectivity index (χ2n) is 7.88. The Morgan fingerprint density at radius 3 is 2.48 bits per heavy atom. The maximum Gasteiger partial charge on any atom is 0.267 e. The van der Waals surface area contributed by atoms with Crippen LogP contribution in [0.5, 0.6) is 0 Å². The highest BCUT2D eigenvalue weighted by atomic mass is 16.2. The van der Waals surface area contributed by atoms with Crippen LogP contribution in [-0.2, 0) is 19.4 Å². The fourth-order valence-corrected chi connectivity index (χ4v) is 3.87. The number of hydrogen-bond donors (Lipinski definition) is 1. The molecule has 0 radical (unpaired) electrons. The molecule has 31 heavy (non-hydrogen) atoms. The summed E-state index contributed by atoms with van der Waals surface area (Å²) in [5, 5.41) is 7.29. The van der Waals surface area contributed by atoms with Gasteiger partial charge in [-0.15, -0.1) is 0 Å². The molecule has 0 saturated heterocycles. The van der Waals surface area contributed by atoms with Crippen molar-refractivity contribution in [1.29, 1.82) is 0 Å². The highest BCUT2D eigenvalue weighted by Crippen LogP contribution is 2.17. The minimum Gasteiger partial charge on any atom is -0.350 e. The molecule has 1 N–H and O–H groups in total. The maximum atomic E-state index is 12.9. The lowest BCUT2D eigenvalue weighted by Gasteiger charge is -2.16. The average molecular weight is 415 g/mol. The number of hydrogen-bond acceptors (Lipinski definition) is 4. The molecule has 0 spiro atoms. The highest BCUT2D eigenvalue weighted by Gasteiger charge is 2.18. The Labute approximate surface area is 180 Å². The van der Waals surface area contributed by atoms with Crippen LogP contribution in [0.4, 0.5) is 0 Å². The Morgan fingerprint density at radius 2 is 1.71 bits per heavy atom. The Kier molecular flexibility index (Phi) is 6.07. The van der Waals surface area contributed by atoms with Gasteiger partial charge in [0.2, 0.25) is 0 Å². The van der Waals surface area contributed by atoms with E-state index in [2.05, 4.69) is 10.4 Å². The number of nitrogens with one attached hydrogen (secondary N) is 1. The summed E-state index contributed by atoms with van der Waals surface area (Å²) < 4.78 is 1.41.